The molecule has 1 amide bonds. The summed E-state index contributed by atoms with van der Waals surface area (Å²) in [5.41, 5.74) is 1.02. The number of hydrogen-bond acceptors (Lipinski definition) is 4. The first-order chi connectivity index (χ1) is 14.5. The number of aromatic nitrogens is 2. The van der Waals surface area contributed by atoms with Gasteiger partial charge in [0.15, 0.2) is 0 Å². The van der Waals surface area contributed by atoms with E-state index in [4.69, 9.17) is 0 Å². The van der Waals surface area contributed by atoms with Crippen LogP contribution in [0.3, 0.4) is 0 Å². The topological polar surface area (TPSA) is 95.2 Å². The van der Waals surface area contributed by atoms with E-state index in [2.05, 4.69) is 15.3 Å². The van der Waals surface area contributed by atoms with Crippen molar-refractivity contribution in [2.24, 2.45) is 0 Å². The van der Waals surface area contributed by atoms with Crippen LogP contribution in [-0.4, -0.2) is 35.6 Å². The van der Waals surface area contributed by atoms with Gasteiger partial charge in [-0.2, -0.15) is 17.5 Å². The van der Waals surface area contributed by atoms with Crippen molar-refractivity contribution in [3.05, 3.63) is 53.3 Å². The number of hydrogen-bond donors (Lipinski definition) is 2. The minimum Gasteiger partial charge on any atom is -0.341 e. The van der Waals surface area contributed by atoms with E-state index < -0.39 is 21.8 Å². The second-order valence-electron chi connectivity index (χ2n) is 7.39. The van der Waals surface area contributed by atoms with Crippen LogP contribution in [0, 0.1) is 0 Å². The van der Waals surface area contributed by atoms with E-state index >= 15 is 0 Å². The van der Waals surface area contributed by atoms with Crippen LogP contribution in [0.25, 0.3) is 11.0 Å². The summed E-state index contributed by atoms with van der Waals surface area (Å²) in [6.07, 6.45) is -2.91. The second-order valence-corrected chi connectivity index (χ2v) is 9.44. The molecule has 0 aliphatic carbocycles. The molecule has 1 aliphatic heterocycles. The highest BCUT2D eigenvalue weighted by Crippen LogP contribution is 2.31. The molecular weight excluding hydrogens is 433 g/mol. The third-order valence-corrected chi connectivity index (χ3v) is 6.94. The molecule has 0 saturated carbocycles. The molecule has 0 fully saturated rings. The Morgan fingerprint density at radius 1 is 1.13 bits per heavy atom. The van der Waals surface area contributed by atoms with Crippen LogP contribution >= 0.6 is 0 Å². The van der Waals surface area contributed by atoms with Crippen molar-refractivity contribution >= 4 is 32.7 Å². The molecule has 164 valence electrons. The van der Waals surface area contributed by atoms with Crippen molar-refractivity contribution in [3.8, 4) is 0 Å². The number of carbonyl (C=O) groups excluding carboxylic acids is 1. The van der Waals surface area contributed by atoms with Crippen LogP contribution in [0.4, 0.5) is 18.9 Å². The lowest BCUT2D eigenvalue weighted by Gasteiger charge is -2.17. The molecule has 0 atom stereocenters. The van der Waals surface area contributed by atoms with E-state index in [1.165, 1.54) is 19.2 Å². The normalized spacial score (nSPS) is 15.1. The van der Waals surface area contributed by atoms with E-state index in [0.29, 0.717) is 30.5 Å². The predicted octanol–water partition coefficient (Wildman–Crippen LogP) is 3.68. The zero-order valence-electron chi connectivity index (χ0n) is 16.5. The number of fused-ring (bicyclic) bond motifs is 2. The summed E-state index contributed by atoms with van der Waals surface area (Å²) in [5, 5.41) is 2.76. The Balaban J connectivity index is 1.58. The van der Waals surface area contributed by atoms with Gasteiger partial charge in [-0.1, -0.05) is 0 Å². The number of rotatable bonds is 4. The molecule has 11 heteroatoms. The lowest BCUT2D eigenvalue weighted by atomic mass is 10.1. The highest BCUT2D eigenvalue weighted by Gasteiger charge is 2.31. The summed E-state index contributed by atoms with van der Waals surface area (Å²) < 4.78 is 65.8. The minimum atomic E-state index is -4.48. The SMILES string of the molecule is CN(Cc1nc2ccc(C(F)(F)F)cc2[nH]1)S(=O)(=O)c1ccc2c(c1)CCCC(=O)N2. The maximum Gasteiger partial charge on any atom is 0.416 e. The van der Waals surface area contributed by atoms with Gasteiger partial charge in [-0.25, -0.2) is 13.4 Å². The molecule has 0 saturated heterocycles. The molecule has 7 nitrogen and oxygen atoms in total. The first-order valence-corrected chi connectivity index (χ1v) is 10.9. The molecule has 31 heavy (non-hydrogen) atoms. The molecular formula is C20H19F3N4O3S. The van der Waals surface area contributed by atoms with Crippen LogP contribution < -0.4 is 5.32 Å². The number of carbonyl (C=O) groups is 1. The monoisotopic (exact) mass is 452 g/mol. The number of halogens is 3. The standard InChI is InChI=1S/C20H19F3N4O3S/c1-27(11-18-24-16-7-5-13(20(21,22)23)10-17(16)25-18)31(29,30)14-6-8-15-12(9-14)3-2-4-19(28)26-15/h5-10H,2-4,11H2,1H3,(H,24,25)(H,26,28). The fourth-order valence-corrected chi connectivity index (χ4v) is 4.68. The minimum absolute atomic E-state index is 0.0698. The third-order valence-electron chi connectivity index (χ3n) is 5.14. The average Bonchev–Trinajstić information content (AvgIpc) is 2.99. The fourth-order valence-electron chi connectivity index (χ4n) is 3.50. The maximum atomic E-state index is 13.0. The Kier molecular flexibility index (Phi) is 5.26. The van der Waals surface area contributed by atoms with E-state index in [1.54, 1.807) is 12.1 Å². The van der Waals surface area contributed by atoms with Gasteiger partial charge in [-0.05, 0) is 54.8 Å². The van der Waals surface area contributed by atoms with E-state index in [0.717, 1.165) is 22.0 Å². The highest BCUT2D eigenvalue weighted by atomic mass is 32.2. The lowest BCUT2D eigenvalue weighted by Crippen LogP contribution is -2.27. The fraction of sp³-hybridized carbons (Fsp3) is 0.300. The third kappa shape index (κ3) is 4.28. The van der Waals surface area contributed by atoms with Crippen LogP contribution in [0.5, 0.6) is 0 Å². The van der Waals surface area contributed by atoms with Gasteiger partial charge in [0.2, 0.25) is 15.9 Å². The van der Waals surface area contributed by atoms with Crippen LogP contribution in [0.15, 0.2) is 41.3 Å². The number of sulfonamides is 1. The molecule has 2 heterocycles. The number of aromatic amines is 1. The van der Waals surface area contributed by atoms with E-state index in [9.17, 15) is 26.4 Å². The molecule has 0 spiro atoms. The Bertz CT molecular complexity index is 1270. The zero-order valence-corrected chi connectivity index (χ0v) is 17.3. The number of imidazole rings is 1. The van der Waals surface area contributed by atoms with E-state index in [-0.39, 0.29) is 28.7 Å². The van der Waals surface area contributed by atoms with Crippen LogP contribution in [0.1, 0.15) is 29.8 Å². The van der Waals surface area contributed by atoms with Crippen molar-refractivity contribution in [1.29, 1.82) is 0 Å². The van der Waals surface area contributed by atoms with Crippen molar-refractivity contribution in [1.82, 2.24) is 14.3 Å². The number of anilines is 1. The zero-order chi connectivity index (χ0) is 22.4. The smallest absolute Gasteiger partial charge is 0.341 e. The summed E-state index contributed by atoms with van der Waals surface area (Å²) >= 11 is 0. The molecule has 1 aliphatic rings. The van der Waals surface area contributed by atoms with Crippen molar-refractivity contribution in [2.75, 3.05) is 12.4 Å². The average molecular weight is 452 g/mol. The highest BCUT2D eigenvalue weighted by molar-refractivity contribution is 7.89. The number of nitrogens with one attached hydrogen (secondary N) is 2. The van der Waals surface area contributed by atoms with Gasteiger partial charge >= 0.3 is 6.18 Å². The number of alkyl halides is 3. The molecule has 0 bridgehead atoms. The Morgan fingerprint density at radius 2 is 1.90 bits per heavy atom. The summed E-state index contributed by atoms with van der Waals surface area (Å²) in [6, 6.07) is 7.65. The summed E-state index contributed by atoms with van der Waals surface area (Å²) in [5.74, 6) is 0.118. The van der Waals surface area contributed by atoms with E-state index in [1.807, 2.05) is 0 Å². The van der Waals surface area contributed by atoms with Crippen molar-refractivity contribution in [3.63, 3.8) is 0 Å². The van der Waals surface area contributed by atoms with Gasteiger partial charge in [-0.15, -0.1) is 0 Å². The number of H-pyrrole nitrogens is 1. The summed E-state index contributed by atoms with van der Waals surface area (Å²) in [7, 11) is -2.51. The van der Waals surface area contributed by atoms with Gasteiger partial charge in [0.25, 0.3) is 0 Å². The van der Waals surface area contributed by atoms with Gasteiger partial charge in [-0.3, -0.25) is 4.79 Å². The second kappa shape index (κ2) is 7.65. The summed E-state index contributed by atoms with van der Waals surface area (Å²) in [4.78, 5) is 18.7. The van der Waals surface area contributed by atoms with Crippen LogP contribution in [-0.2, 0) is 34.0 Å². The quantitative estimate of drug-likeness (QED) is 0.631. The molecule has 0 unspecified atom stereocenters. The number of nitrogens with zero attached hydrogens (tertiary/aromatic N) is 2. The Hall–Kier alpha value is -2.92. The van der Waals surface area contributed by atoms with Crippen molar-refractivity contribution < 1.29 is 26.4 Å². The molecule has 1 aromatic heterocycles. The molecule has 2 aromatic carbocycles. The first kappa shape index (κ1) is 21.3. The van der Waals surface area contributed by atoms with Gasteiger partial charge in [0.1, 0.15) is 5.82 Å². The number of amides is 1. The molecule has 3 aromatic rings. The first-order valence-electron chi connectivity index (χ1n) is 9.49. The van der Waals surface area contributed by atoms with Gasteiger partial charge < -0.3 is 10.3 Å². The Labute approximate surface area is 176 Å². The van der Waals surface area contributed by atoms with Gasteiger partial charge in [0.05, 0.1) is 28.0 Å². The summed E-state index contributed by atoms with van der Waals surface area (Å²) in [6.45, 7) is -0.147. The predicted molar refractivity (Wildman–Crippen MR) is 108 cm³/mol. The Morgan fingerprint density at radius 3 is 2.65 bits per heavy atom. The number of benzene rings is 2. The van der Waals surface area contributed by atoms with Crippen LogP contribution in [0.2, 0.25) is 0 Å². The molecule has 2 N–H and O–H groups in total. The molecule has 0 radical (unpaired) electrons. The van der Waals surface area contributed by atoms with Crippen molar-refractivity contribution in [2.45, 2.75) is 36.9 Å². The number of aryl methyl sites for hydroxylation is 1. The van der Waals surface area contributed by atoms with Gasteiger partial charge in [0, 0.05) is 19.2 Å². The largest absolute Gasteiger partial charge is 0.416 e. The lowest BCUT2D eigenvalue weighted by molar-refractivity contribution is -0.137. The molecule has 4 rings (SSSR count). The maximum absolute atomic E-state index is 13.0.